The Hall–Kier alpha value is -2.56. The molecule has 1 amide bonds. The van der Waals surface area contributed by atoms with Gasteiger partial charge in [0, 0.05) is 38.4 Å². The molecule has 3 heterocycles. The van der Waals surface area contributed by atoms with Gasteiger partial charge in [-0.15, -0.1) is 0 Å². The molecule has 1 saturated heterocycles. The fourth-order valence-corrected chi connectivity index (χ4v) is 3.91. The third-order valence-electron chi connectivity index (χ3n) is 5.30. The van der Waals surface area contributed by atoms with E-state index in [2.05, 4.69) is 22.1 Å². The van der Waals surface area contributed by atoms with E-state index in [0.29, 0.717) is 6.42 Å². The molecule has 5 heteroatoms. The largest absolute Gasteiger partial charge is 0.351 e. The fourth-order valence-electron chi connectivity index (χ4n) is 3.91. The van der Waals surface area contributed by atoms with Crippen molar-refractivity contribution in [3.05, 3.63) is 54.6 Å². The van der Waals surface area contributed by atoms with Gasteiger partial charge in [0.2, 0.25) is 5.91 Å². The minimum absolute atomic E-state index is 0.0850. The van der Waals surface area contributed by atoms with Gasteiger partial charge in [-0.3, -0.25) is 4.79 Å². The van der Waals surface area contributed by atoms with Crippen LogP contribution in [0.5, 0.6) is 0 Å². The highest BCUT2D eigenvalue weighted by Crippen LogP contribution is 2.34. The van der Waals surface area contributed by atoms with Crippen LogP contribution in [0.25, 0.3) is 11.0 Å². The Balaban J connectivity index is 1.57. The number of aryl methyl sites for hydroxylation is 1. The number of hydrogen-bond donors (Lipinski definition) is 0. The third-order valence-corrected chi connectivity index (χ3v) is 5.30. The lowest BCUT2D eigenvalue weighted by molar-refractivity contribution is -0.133. The van der Waals surface area contributed by atoms with Crippen LogP contribution in [0.2, 0.25) is 0 Å². The summed E-state index contributed by atoms with van der Waals surface area (Å²) in [5.41, 5.74) is 2.12. The number of carbonyl (C=O) groups excluding carboxylic acids is 1. The molecule has 3 aromatic rings. The van der Waals surface area contributed by atoms with Gasteiger partial charge in [-0.1, -0.05) is 12.1 Å². The summed E-state index contributed by atoms with van der Waals surface area (Å²) in [7, 11) is 2.05. The van der Waals surface area contributed by atoms with E-state index in [0.717, 1.165) is 36.2 Å². The molecule has 0 saturated carbocycles. The van der Waals surface area contributed by atoms with Gasteiger partial charge in [-0.05, 0) is 44.0 Å². The Morgan fingerprint density at radius 2 is 2.00 bits per heavy atom. The molecular formula is C20H24N4O. The molecule has 0 bridgehead atoms. The first kappa shape index (κ1) is 15.9. The molecule has 0 N–H and O–H groups in total. The lowest BCUT2D eigenvalue weighted by Gasteiger charge is -2.26. The maximum atomic E-state index is 12.9. The molecule has 2 aromatic heterocycles. The summed E-state index contributed by atoms with van der Waals surface area (Å²) in [5, 5.41) is 0. The zero-order valence-corrected chi connectivity index (χ0v) is 14.8. The van der Waals surface area contributed by atoms with Crippen LogP contribution < -0.4 is 0 Å². The molecule has 0 radical (unpaired) electrons. The van der Waals surface area contributed by atoms with Crippen molar-refractivity contribution in [1.82, 2.24) is 19.0 Å². The van der Waals surface area contributed by atoms with Crippen LogP contribution in [0.4, 0.5) is 0 Å². The number of hydrogen-bond acceptors (Lipinski definition) is 2. The van der Waals surface area contributed by atoms with Crippen molar-refractivity contribution in [2.24, 2.45) is 7.05 Å². The van der Waals surface area contributed by atoms with Crippen LogP contribution in [-0.4, -0.2) is 31.5 Å². The molecule has 130 valence electrons. The normalized spacial score (nSPS) is 18.8. The van der Waals surface area contributed by atoms with Crippen LogP contribution in [-0.2, 0) is 11.8 Å². The Morgan fingerprint density at radius 1 is 1.24 bits per heavy atom. The number of para-hydroxylation sites is 2. The molecule has 5 nitrogen and oxygen atoms in total. The van der Waals surface area contributed by atoms with E-state index >= 15 is 0 Å². The third kappa shape index (κ3) is 2.84. The van der Waals surface area contributed by atoms with Crippen molar-refractivity contribution in [2.75, 3.05) is 6.54 Å². The van der Waals surface area contributed by atoms with Gasteiger partial charge in [0.1, 0.15) is 5.82 Å². The number of benzene rings is 1. The van der Waals surface area contributed by atoms with Crippen molar-refractivity contribution < 1.29 is 4.79 Å². The quantitative estimate of drug-likeness (QED) is 0.729. The molecule has 2 atom stereocenters. The highest BCUT2D eigenvalue weighted by Gasteiger charge is 2.33. The Kier molecular flexibility index (Phi) is 4.07. The smallest absolute Gasteiger partial charge is 0.225 e. The van der Waals surface area contributed by atoms with Gasteiger partial charge < -0.3 is 14.0 Å². The van der Waals surface area contributed by atoms with E-state index in [1.807, 2.05) is 54.7 Å². The minimum atomic E-state index is 0.0850. The van der Waals surface area contributed by atoms with E-state index in [9.17, 15) is 4.79 Å². The van der Waals surface area contributed by atoms with Crippen LogP contribution in [0.15, 0.2) is 48.8 Å². The summed E-state index contributed by atoms with van der Waals surface area (Å²) in [6.07, 6.45) is 6.59. The molecular weight excluding hydrogens is 312 g/mol. The summed E-state index contributed by atoms with van der Waals surface area (Å²) in [6, 6.07) is 12.4. The van der Waals surface area contributed by atoms with Gasteiger partial charge in [0.15, 0.2) is 0 Å². The van der Waals surface area contributed by atoms with E-state index < -0.39 is 0 Å². The maximum absolute atomic E-state index is 12.9. The summed E-state index contributed by atoms with van der Waals surface area (Å²) >= 11 is 0. The standard InChI is InChI=1S/C20H24N4O/c1-15(23-11-5-6-12-23)14-19(25)24-13-7-10-18(24)20-21-16-8-3-4-9-17(16)22(20)2/h3-6,8-9,11-12,15,18H,7,10,13-14H2,1-2H3/t15-,18-/m1/s1. The lowest BCUT2D eigenvalue weighted by atomic mass is 10.1. The molecule has 0 spiro atoms. The van der Waals surface area contributed by atoms with Crippen molar-refractivity contribution in [3.8, 4) is 0 Å². The number of carbonyl (C=O) groups is 1. The SMILES string of the molecule is C[C@H](CC(=O)N1CCC[C@@H]1c1nc2ccccc2n1C)n1cccc1. The minimum Gasteiger partial charge on any atom is -0.351 e. The average molecular weight is 336 g/mol. The zero-order chi connectivity index (χ0) is 17.4. The number of likely N-dealkylation sites (tertiary alicyclic amines) is 1. The zero-order valence-electron chi connectivity index (χ0n) is 14.8. The predicted octanol–water partition coefficient (Wildman–Crippen LogP) is 3.69. The van der Waals surface area contributed by atoms with Gasteiger partial charge in [0.25, 0.3) is 0 Å². The Morgan fingerprint density at radius 3 is 2.76 bits per heavy atom. The number of amides is 1. The summed E-state index contributed by atoms with van der Waals surface area (Å²) < 4.78 is 4.24. The number of nitrogens with zero attached hydrogens (tertiary/aromatic N) is 4. The first-order valence-electron chi connectivity index (χ1n) is 8.98. The number of imidazole rings is 1. The lowest BCUT2D eigenvalue weighted by Crippen LogP contribution is -2.33. The second-order valence-corrected chi connectivity index (χ2v) is 6.95. The van der Waals surface area contributed by atoms with Gasteiger partial charge in [-0.2, -0.15) is 0 Å². The summed E-state index contributed by atoms with van der Waals surface area (Å²) in [6.45, 7) is 2.92. The molecule has 0 unspecified atom stereocenters. The van der Waals surface area contributed by atoms with Gasteiger partial charge >= 0.3 is 0 Å². The number of fused-ring (bicyclic) bond motifs is 1. The topological polar surface area (TPSA) is 43.1 Å². The second-order valence-electron chi connectivity index (χ2n) is 6.95. The highest BCUT2D eigenvalue weighted by atomic mass is 16.2. The monoisotopic (exact) mass is 336 g/mol. The van der Waals surface area contributed by atoms with E-state index in [1.54, 1.807) is 0 Å². The molecule has 1 aliphatic rings. The van der Waals surface area contributed by atoms with Gasteiger partial charge in [-0.25, -0.2) is 4.98 Å². The van der Waals surface area contributed by atoms with Crippen molar-refractivity contribution in [2.45, 2.75) is 38.3 Å². The Labute approximate surface area is 147 Å². The first-order chi connectivity index (χ1) is 12.1. The van der Waals surface area contributed by atoms with Crippen LogP contribution in [0.1, 0.15) is 44.1 Å². The van der Waals surface area contributed by atoms with Crippen LogP contribution in [0, 0.1) is 0 Å². The molecule has 4 rings (SSSR count). The number of aromatic nitrogens is 3. The summed E-state index contributed by atoms with van der Waals surface area (Å²) in [4.78, 5) is 19.8. The van der Waals surface area contributed by atoms with Crippen LogP contribution >= 0.6 is 0 Å². The average Bonchev–Trinajstić information content (AvgIpc) is 3.35. The van der Waals surface area contributed by atoms with E-state index in [1.165, 1.54) is 0 Å². The molecule has 1 fully saturated rings. The summed E-state index contributed by atoms with van der Waals surface area (Å²) in [5.74, 6) is 1.22. The van der Waals surface area contributed by atoms with Gasteiger partial charge in [0.05, 0.1) is 17.1 Å². The molecule has 1 aliphatic heterocycles. The second kappa shape index (κ2) is 6.39. The predicted molar refractivity (Wildman–Crippen MR) is 98.2 cm³/mol. The van der Waals surface area contributed by atoms with Crippen LogP contribution in [0.3, 0.4) is 0 Å². The maximum Gasteiger partial charge on any atom is 0.225 e. The molecule has 1 aromatic carbocycles. The van der Waals surface area contributed by atoms with E-state index in [-0.39, 0.29) is 18.0 Å². The number of rotatable bonds is 4. The molecule has 25 heavy (non-hydrogen) atoms. The fraction of sp³-hybridized carbons (Fsp3) is 0.400. The van der Waals surface area contributed by atoms with E-state index in [4.69, 9.17) is 4.98 Å². The Bertz CT molecular complexity index is 880. The molecule has 0 aliphatic carbocycles. The first-order valence-corrected chi connectivity index (χ1v) is 8.98. The van der Waals surface area contributed by atoms with Crippen molar-refractivity contribution in [3.63, 3.8) is 0 Å². The van der Waals surface area contributed by atoms with Crippen molar-refractivity contribution >= 4 is 16.9 Å². The van der Waals surface area contributed by atoms with Crippen molar-refractivity contribution in [1.29, 1.82) is 0 Å². The highest BCUT2D eigenvalue weighted by molar-refractivity contribution is 5.78.